The van der Waals surface area contributed by atoms with E-state index < -0.39 is 46.9 Å². The van der Waals surface area contributed by atoms with Gasteiger partial charge in [-0.3, -0.25) is 9.59 Å². The van der Waals surface area contributed by atoms with Crippen molar-refractivity contribution in [2.45, 2.75) is 103 Å². The summed E-state index contributed by atoms with van der Waals surface area (Å²) in [5.74, 6) is -2.33. The van der Waals surface area contributed by atoms with Crippen LogP contribution < -0.4 is 5.32 Å². The van der Waals surface area contributed by atoms with Crippen molar-refractivity contribution in [3.05, 3.63) is 34.6 Å². The summed E-state index contributed by atoms with van der Waals surface area (Å²) in [6, 6.07) is -0.950. The van der Waals surface area contributed by atoms with Gasteiger partial charge in [0.25, 0.3) is 0 Å². The monoisotopic (exact) mass is 536 g/mol. The van der Waals surface area contributed by atoms with Crippen LogP contribution in [0.5, 0.6) is 0 Å². The molecule has 9 heteroatoms. The second kappa shape index (κ2) is 11.8. The highest BCUT2D eigenvalue weighted by Gasteiger charge is 2.53. The Morgan fingerprint density at radius 1 is 1.35 bits per heavy atom. The van der Waals surface area contributed by atoms with Crippen molar-refractivity contribution in [3.8, 4) is 0 Å². The average Bonchev–Trinajstić information content (AvgIpc) is 3.27. The van der Waals surface area contributed by atoms with Gasteiger partial charge in [-0.05, 0) is 45.1 Å². The summed E-state index contributed by atoms with van der Waals surface area (Å²) in [7, 11) is 0. The number of aliphatic hydroxyl groups excluding tert-OH is 2. The number of carbonyl (C=O) groups excluding carboxylic acids is 2. The Bertz CT molecular complexity index is 1020. The lowest BCUT2D eigenvalue weighted by Crippen LogP contribution is -2.48. The van der Waals surface area contributed by atoms with Crippen molar-refractivity contribution >= 4 is 29.1 Å². The number of aliphatic hydroxyl groups is 2. The van der Waals surface area contributed by atoms with Gasteiger partial charge in [-0.25, -0.2) is 9.37 Å². The number of Topliss-reactive ketones (excluding diaryl/α,β-unsaturated/α-hetero) is 1. The van der Waals surface area contributed by atoms with Gasteiger partial charge in [-0.15, -0.1) is 17.9 Å². The highest BCUT2D eigenvalue weighted by Crippen LogP contribution is 2.44. The van der Waals surface area contributed by atoms with Crippen molar-refractivity contribution in [2.24, 2.45) is 17.3 Å². The average molecular weight is 537 g/mol. The standard InChI is InChI=1S/C28H41FN2O5S/c1-7-9-19-25(34)16(2)10-8-11-28(6)23(36-28)13-21(20(29)12-18-15-37-17(3)30-18)31-24(33)14-22(32)27(4,5)26(19)35/h7,12,15-16,19,21-23,25,32,34H,1,8-11,13-14H2,2-6H3,(H,31,33). The van der Waals surface area contributed by atoms with E-state index in [9.17, 15) is 19.8 Å². The minimum absolute atomic E-state index is 0.159. The Labute approximate surface area is 223 Å². The van der Waals surface area contributed by atoms with Gasteiger partial charge in [-0.1, -0.05) is 33.3 Å². The molecule has 206 valence electrons. The van der Waals surface area contributed by atoms with Crippen LogP contribution in [0.4, 0.5) is 4.39 Å². The van der Waals surface area contributed by atoms with Crippen LogP contribution in [0.3, 0.4) is 0 Å². The number of thiazole rings is 1. The van der Waals surface area contributed by atoms with E-state index in [-0.39, 0.29) is 37.1 Å². The van der Waals surface area contributed by atoms with E-state index in [1.807, 2.05) is 20.8 Å². The normalized spacial score (nSPS) is 35.9. The second-order valence-electron chi connectivity index (χ2n) is 11.4. The Morgan fingerprint density at radius 2 is 2.05 bits per heavy atom. The summed E-state index contributed by atoms with van der Waals surface area (Å²) < 4.78 is 21.4. The van der Waals surface area contributed by atoms with Crippen molar-refractivity contribution in [3.63, 3.8) is 0 Å². The summed E-state index contributed by atoms with van der Waals surface area (Å²) in [6.07, 6.45) is 2.75. The predicted octanol–water partition coefficient (Wildman–Crippen LogP) is 4.51. The molecule has 0 bridgehead atoms. The molecule has 0 aliphatic carbocycles. The number of aromatic nitrogens is 1. The van der Waals surface area contributed by atoms with E-state index in [2.05, 4.69) is 16.9 Å². The van der Waals surface area contributed by atoms with Crippen LogP contribution in [0.2, 0.25) is 0 Å². The fourth-order valence-corrected chi connectivity index (χ4v) is 5.77. The molecule has 3 N–H and O–H groups in total. The first-order valence-electron chi connectivity index (χ1n) is 13.1. The molecule has 1 amide bonds. The SMILES string of the molecule is C=CCC1C(=O)C(C)(C)C(O)CC(=O)NC(C(F)=Cc2csc(C)n2)CC2OC2(C)CCCC(C)C1O. The first kappa shape index (κ1) is 29.6. The number of halogens is 1. The van der Waals surface area contributed by atoms with Crippen LogP contribution >= 0.6 is 11.3 Å². The number of ketones is 1. The van der Waals surface area contributed by atoms with Crippen molar-refractivity contribution in [1.82, 2.24) is 10.3 Å². The smallest absolute Gasteiger partial charge is 0.223 e. The molecule has 2 fully saturated rings. The molecule has 7 atom stereocenters. The van der Waals surface area contributed by atoms with E-state index in [4.69, 9.17) is 4.74 Å². The first-order valence-corrected chi connectivity index (χ1v) is 13.9. The summed E-state index contributed by atoms with van der Waals surface area (Å²) in [6.45, 7) is 12.6. The molecular formula is C28H41FN2O5S. The molecule has 1 aromatic rings. The Morgan fingerprint density at radius 3 is 2.68 bits per heavy atom. The van der Waals surface area contributed by atoms with Crippen LogP contribution in [-0.4, -0.2) is 56.8 Å². The molecule has 37 heavy (non-hydrogen) atoms. The molecule has 3 rings (SSSR count). The number of aryl methyl sites for hydroxylation is 1. The lowest BCUT2D eigenvalue weighted by Gasteiger charge is -2.35. The fraction of sp³-hybridized carbons (Fsp3) is 0.679. The minimum atomic E-state index is -1.32. The number of carbonyl (C=O) groups is 2. The number of nitrogens with zero attached hydrogens (tertiary/aromatic N) is 1. The van der Waals surface area contributed by atoms with Gasteiger partial charge in [0, 0.05) is 17.7 Å². The molecule has 0 aromatic carbocycles. The molecule has 7 unspecified atom stereocenters. The molecule has 0 saturated carbocycles. The van der Waals surface area contributed by atoms with Gasteiger partial charge in [0.05, 0.1) is 52.5 Å². The molecule has 2 aliphatic heterocycles. The Kier molecular flexibility index (Phi) is 9.48. The summed E-state index contributed by atoms with van der Waals surface area (Å²) in [5.41, 5.74) is -1.27. The maximum atomic E-state index is 15.4. The lowest BCUT2D eigenvalue weighted by atomic mass is 9.71. The van der Waals surface area contributed by atoms with Crippen molar-refractivity contribution in [1.29, 1.82) is 0 Å². The molecule has 1 aromatic heterocycles. The number of amides is 1. The Balaban J connectivity index is 1.88. The number of rotatable bonds is 4. The maximum absolute atomic E-state index is 15.4. The third-order valence-corrected chi connectivity index (χ3v) is 8.80. The van der Waals surface area contributed by atoms with E-state index in [0.717, 1.165) is 17.8 Å². The summed E-state index contributed by atoms with van der Waals surface area (Å²) in [5, 5.41) is 27.3. The number of hydrogen-bond acceptors (Lipinski definition) is 7. The van der Waals surface area contributed by atoms with E-state index in [1.54, 1.807) is 25.3 Å². The van der Waals surface area contributed by atoms with Crippen LogP contribution in [-0.2, 0) is 14.3 Å². The van der Waals surface area contributed by atoms with Crippen LogP contribution in [0, 0.1) is 24.2 Å². The molecule has 2 saturated heterocycles. The quantitative estimate of drug-likeness (QED) is 0.386. The largest absolute Gasteiger partial charge is 0.392 e. The van der Waals surface area contributed by atoms with Gasteiger partial charge in [0.15, 0.2) is 0 Å². The maximum Gasteiger partial charge on any atom is 0.223 e. The van der Waals surface area contributed by atoms with Crippen molar-refractivity contribution < 1.29 is 28.9 Å². The zero-order valence-corrected chi connectivity index (χ0v) is 23.3. The van der Waals surface area contributed by atoms with Gasteiger partial charge in [-0.2, -0.15) is 0 Å². The van der Waals surface area contributed by atoms with Crippen LogP contribution in [0.25, 0.3) is 6.08 Å². The van der Waals surface area contributed by atoms with Crippen molar-refractivity contribution in [2.75, 3.05) is 0 Å². The number of fused-ring (bicyclic) bond motifs is 1. The molecule has 7 nitrogen and oxygen atoms in total. The topological polar surface area (TPSA) is 112 Å². The fourth-order valence-electron chi connectivity index (χ4n) is 5.20. The third-order valence-electron chi connectivity index (χ3n) is 8.01. The van der Waals surface area contributed by atoms with Gasteiger partial charge >= 0.3 is 0 Å². The predicted molar refractivity (Wildman–Crippen MR) is 142 cm³/mol. The molecule has 2 aliphatic rings. The number of nitrogens with one attached hydrogen (secondary N) is 1. The van der Waals surface area contributed by atoms with Crippen LogP contribution in [0.15, 0.2) is 23.9 Å². The van der Waals surface area contributed by atoms with Crippen LogP contribution in [0.1, 0.15) is 76.9 Å². The molecule has 0 spiro atoms. The van der Waals surface area contributed by atoms with Gasteiger partial charge in [0.1, 0.15) is 11.6 Å². The highest BCUT2D eigenvalue weighted by molar-refractivity contribution is 7.09. The zero-order valence-electron chi connectivity index (χ0n) is 22.5. The Hall–Kier alpha value is -1.94. The van der Waals surface area contributed by atoms with E-state index in [0.29, 0.717) is 12.1 Å². The van der Waals surface area contributed by atoms with E-state index in [1.165, 1.54) is 17.4 Å². The lowest BCUT2D eigenvalue weighted by molar-refractivity contribution is -0.144. The highest BCUT2D eigenvalue weighted by atomic mass is 32.1. The van der Waals surface area contributed by atoms with E-state index >= 15 is 4.39 Å². The second-order valence-corrected chi connectivity index (χ2v) is 12.5. The third kappa shape index (κ3) is 7.13. The number of allylic oxidation sites excluding steroid dienone is 1. The molecule has 0 radical (unpaired) electrons. The summed E-state index contributed by atoms with van der Waals surface area (Å²) >= 11 is 1.41. The minimum Gasteiger partial charge on any atom is -0.392 e. The number of epoxide rings is 1. The summed E-state index contributed by atoms with van der Waals surface area (Å²) in [4.78, 5) is 30.8. The molecular weight excluding hydrogens is 495 g/mol. The zero-order chi connectivity index (χ0) is 27.5. The molecule has 3 heterocycles. The number of hydrogen-bond donors (Lipinski definition) is 3. The van der Waals surface area contributed by atoms with Gasteiger partial charge in [0.2, 0.25) is 5.91 Å². The number of ether oxygens (including phenoxy) is 1. The first-order chi connectivity index (χ1) is 17.3. The van der Waals surface area contributed by atoms with Gasteiger partial charge < -0.3 is 20.3 Å².